The van der Waals surface area contributed by atoms with Gasteiger partial charge in [-0.3, -0.25) is 9.59 Å². The topological polar surface area (TPSA) is 132 Å². The van der Waals surface area contributed by atoms with Gasteiger partial charge < -0.3 is 21.4 Å². The monoisotopic (exact) mass is 204 g/mol. The van der Waals surface area contributed by atoms with Crippen LogP contribution in [0.4, 0.5) is 0 Å². The molecule has 0 aliphatic carbocycles. The van der Waals surface area contributed by atoms with Gasteiger partial charge in [-0.25, -0.2) is 0 Å². The maximum Gasteiger partial charge on any atom is 0.320 e. The molecule has 0 heterocycles. The molecule has 0 aromatic heterocycles. The molecule has 0 aromatic carbocycles. The number of carboxylic acids is 2. The van der Waals surface area contributed by atoms with Gasteiger partial charge in [-0.15, -0.1) is 0 Å². The van der Waals surface area contributed by atoms with E-state index in [9.17, 15) is 9.59 Å². The first-order valence-electron chi connectivity index (χ1n) is 2.74. The van der Waals surface area contributed by atoms with Gasteiger partial charge in [-0.2, -0.15) is 0 Å². The van der Waals surface area contributed by atoms with Gasteiger partial charge in [0.15, 0.2) is 0 Å². The molecule has 67 valence electrons. The zero-order valence-electron chi connectivity index (χ0n) is 6.78. The number of nitrogens with two attached hydrogens (primary N) is 1. The zero-order valence-corrected chi connectivity index (χ0v) is 9.90. The molecule has 6 nitrogen and oxygen atoms in total. The van der Waals surface area contributed by atoms with Gasteiger partial charge in [0.1, 0.15) is 6.04 Å². The van der Waals surface area contributed by atoms with E-state index in [0.717, 1.165) is 0 Å². The van der Waals surface area contributed by atoms with Crippen LogP contribution in [0, 0.1) is 0 Å². The normalized spacial score (nSPS) is 10.4. The van der Waals surface area contributed by atoms with Gasteiger partial charge in [-0.05, 0) is 6.42 Å². The van der Waals surface area contributed by atoms with Crippen molar-refractivity contribution < 1.29 is 25.3 Å². The quantitative estimate of drug-likeness (QED) is 0.458. The molecule has 0 aliphatic rings. The number of aliphatic carboxylic acids is 2. The largest absolute Gasteiger partial charge is 0.481 e. The zero-order chi connectivity index (χ0) is 8.15. The van der Waals surface area contributed by atoms with Crippen LogP contribution in [-0.2, 0) is 9.59 Å². The van der Waals surface area contributed by atoms with Crippen molar-refractivity contribution >= 4 is 63.3 Å². The van der Waals surface area contributed by atoms with Crippen molar-refractivity contribution in [3.05, 3.63) is 0 Å². The van der Waals surface area contributed by atoms with Crippen molar-refractivity contribution in [1.82, 2.24) is 0 Å². The summed E-state index contributed by atoms with van der Waals surface area (Å²) in [5, 5.41) is 16.3. The van der Waals surface area contributed by atoms with Crippen LogP contribution in [-0.4, -0.2) is 85.1 Å². The van der Waals surface area contributed by atoms with Gasteiger partial charge in [0.25, 0.3) is 0 Å². The molecule has 0 aromatic rings. The number of carboxylic acid groups (broad SMARTS) is 2. The van der Waals surface area contributed by atoms with Crippen molar-refractivity contribution in [3.8, 4) is 0 Å². The fourth-order valence-electron chi connectivity index (χ4n) is 0.402. The molecule has 0 bridgehead atoms. The van der Waals surface area contributed by atoms with Crippen molar-refractivity contribution in [2.45, 2.75) is 18.9 Å². The van der Waals surface area contributed by atoms with Gasteiger partial charge in [0.05, 0.1) is 0 Å². The van der Waals surface area contributed by atoms with E-state index < -0.39 is 18.0 Å². The summed E-state index contributed by atoms with van der Waals surface area (Å²) in [6.45, 7) is 0. The molecule has 0 rings (SSSR count). The van der Waals surface area contributed by atoms with Crippen LogP contribution in [0.25, 0.3) is 0 Å². The molecule has 6 N–H and O–H groups in total. The predicted octanol–water partition coefficient (Wildman–Crippen LogP) is -1.94. The third-order valence-electron chi connectivity index (χ3n) is 0.986. The van der Waals surface area contributed by atoms with E-state index in [-0.39, 0.29) is 69.7 Å². The van der Waals surface area contributed by atoms with Crippen molar-refractivity contribution in [3.63, 3.8) is 0 Å². The number of carbonyl (C=O) groups is 2. The molecule has 0 fully saturated rings. The van der Waals surface area contributed by atoms with Crippen LogP contribution in [0.5, 0.6) is 0 Å². The van der Waals surface area contributed by atoms with E-state index in [1.807, 2.05) is 0 Å². The molecule has 1 atom stereocenters. The number of rotatable bonds is 4. The van der Waals surface area contributed by atoms with E-state index in [0.29, 0.717) is 0 Å². The van der Waals surface area contributed by atoms with E-state index in [2.05, 4.69) is 0 Å². The number of hydrogen-bond donors (Lipinski definition) is 3. The van der Waals surface area contributed by atoms with Crippen molar-refractivity contribution in [2.24, 2.45) is 5.73 Å². The van der Waals surface area contributed by atoms with E-state index in [1.165, 1.54) is 0 Å². The molecule has 0 aliphatic heterocycles. The Bertz CT molecular complexity index is 151. The van der Waals surface area contributed by atoms with Crippen LogP contribution in [0.1, 0.15) is 12.8 Å². The second-order valence-corrected chi connectivity index (χ2v) is 1.88. The minimum absolute atomic E-state index is 0. The van der Waals surface area contributed by atoms with Gasteiger partial charge >= 0.3 is 11.9 Å². The third kappa shape index (κ3) is 10.5. The second-order valence-electron chi connectivity index (χ2n) is 1.88. The summed E-state index contributed by atoms with van der Waals surface area (Å²) in [7, 11) is 0. The summed E-state index contributed by atoms with van der Waals surface area (Å²) >= 11 is 0. The van der Waals surface area contributed by atoms with Crippen LogP contribution in [0.3, 0.4) is 0 Å². The average Bonchev–Trinajstić information content (AvgIpc) is 1.82. The van der Waals surface area contributed by atoms with Crippen molar-refractivity contribution in [1.29, 1.82) is 0 Å². The third-order valence-corrected chi connectivity index (χ3v) is 0.986. The Morgan fingerprint density at radius 2 is 1.75 bits per heavy atom. The second kappa shape index (κ2) is 9.58. The average molecular weight is 204 g/mol. The van der Waals surface area contributed by atoms with Crippen LogP contribution >= 0.6 is 0 Å². The predicted molar refractivity (Wildman–Crippen MR) is 41.8 cm³/mol. The molecule has 1 unspecified atom stereocenters. The Morgan fingerprint density at radius 1 is 1.33 bits per heavy atom. The molecule has 0 spiro atoms. The summed E-state index contributed by atoms with van der Waals surface area (Å²) in [6, 6.07) is -1.06. The Morgan fingerprint density at radius 3 is 2.00 bits per heavy atom. The van der Waals surface area contributed by atoms with E-state index >= 15 is 0 Å². The fraction of sp³-hybridized carbons (Fsp3) is 0.600. The van der Waals surface area contributed by atoms with Gasteiger partial charge in [-0.1, -0.05) is 0 Å². The maximum absolute atomic E-state index is 9.99. The Balaban J connectivity index is -0.000000405. The summed E-state index contributed by atoms with van der Waals surface area (Å²) in [5.74, 6) is -2.20. The Kier molecular flexibility index (Phi) is 14.6. The molecular formula is C5H11KNO5. The summed E-state index contributed by atoms with van der Waals surface area (Å²) < 4.78 is 0. The minimum Gasteiger partial charge on any atom is -0.481 e. The molecular weight excluding hydrogens is 193 g/mol. The van der Waals surface area contributed by atoms with Crippen LogP contribution in [0.2, 0.25) is 0 Å². The molecule has 0 amide bonds. The summed E-state index contributed by atoms with van der Waals surface area (Å²) in [5.41, 5.74) is 5.00. The summed E-state index contributed by atoms with van der Waals surface area (Å²) in [4.78, 5) is 19.9. The Hall–Kier alpha value is 0.496. The van der Waals surface area contributed by atoms with Crippen LogP contribution in [0.15, 0.2) is 0 Å². The van der Waals surface area contributed by atoms with Gasteiger partial charge in [0, 0.05) is 57.8 Å². The van der Waals surface area contributed by atoms with E-state index in [4.69, 9.17) is 15.9 Å². The minimum atomic E-state index is -1.17. The van der Waals surface area contributed by atoms with E-state index in [1.54, 1.807) is 0 Å². The maximum atomic E-state index is 9.99. The summed E-state index contributed by atoms with van der Waals surface area (Å²) in [6.07, 6.45) is -0.224. The molecule has 0 saturated carbocycles. The standard InChI is InChI=1S/C5H9NO4.K.H2O/c6-3(5(9)10)1-2-4(7)8;;/h3H,1-2,6H2,(H,7,8)(H,9,10);;1H2. The molecule has 7 heteroatoms. The first-order chi connectivity index (χ1) is 4.54. The first kappa shape index (κ1) is 18.3. The first-order valence-corrected chi connectivity index (χ1v) is 2.74. The molecule has 0 saturated heterocycles. The van der Waals surface area contributed by atoms with Gasteiger partial charge in [0.2, 0.25) is 0 Å². The molecule has 1 radical (unpaired) electrons. The molecule has 12 heavy (non-hydrogen) atoms. The fourth-order valence-corrected chi connectivity index (χ4v) is 0.402. The van der Waals surface area contributed by atoms with Crippen LogP contribution < -0.4 is 5.73 Å². The van der Waals surface area contributed by atoms with Crippen molar-refractivity contribution in [2.75, 3.05) is 0 Å². The number of hydrogen-bond acceptors (Lipinski definition) is 3. The smallest absolute Gasteiger partial charge is 0.320 e. The Labute approximate surface area is 112 Å². The SMILES string of the molecule is NC(CCC(=O)O)C(=O)O.O.[K].